The van der Waals surface area contributed by atoms with Crippen LogP contribution in [0.1, 0.15) is 52.3 Å². The Morgan fingerprint density at radius 1 is 1.16 bits per heavy atom. The number of carbonyl (C=O) groups excluding carboxylic acids is 3. The van der Waals surface area contributed by atoms with Gasteiger partial charge in [0, 0.05) is 17.8 Å². The van der Waals surface area contributed by atoms with Crippen LogP contribution in [-0.2, 0) is 14.3 Å². The third-order valence-electron chi connectivity index (χ3n) is 6.41. The smallest absolute Gasteiger partial charge is 0.354 e. The maximum Gasteiger partial charge on any atom is 0.354 e. The Labute approximate surface area is 216 Å². The quantitative estimate of drug-likeness (QED) is 0.215. The zero-order chi connectivity index (χ0) is 27.4. The number of rotatable bonds is 10. The maximum absolute atomic E-state index is 13.4. The number of hydrogen-bond acceptors (Lipinski definition) is 8. The van der Waals surface area contributed by atoms with Crippen molar-refractivity contribution < 1.29 is 33.7 Å². The van der Waals surface area contributed by atoms with Gasteiger partial charge in [0.25, 0.3) is 11.7 Å². The molecular weight excluding hydrogens is 478 g/mol. The zero-order valence-electron chi connectivity index (χ0n) is 22.4. The number of aliphatic hydroxyl groups is 1. The SMILES string of the molecule is CCOc1ccc(C2C(=C(O)c3c(C)[nH]c(C(=O)OC)c3C)C(=O)C(=O)N2CCCN(C)C)cc1OC. The van der Waals surface area contributed by atoms with Gasteiger partial charge in [-0.3, -0.25) is 9.59 Å². The second kappa shape index (κ2) is 11.5. The van der Waals surface area contributed by atoms with E-state index in [-0.39, 0.29) is 22.6 Å². The van der Waals surface area contributed by atoms with Crippen molar-refractivity contribution in [1.29, 1.82) is 0 Å². The first kappa shape index (κ1) is 27.8. The molecule has 1 aromatic carbocycles. The van der Waals surface area contributed by atoms with Crippen LogP contribution in [0.4, 0.5) is 0 Å². The summed E-state index contributed by atoms with van der Waals surface area (Å²) in [6, 6.07) is 4.33. The Morgan fingerprint density at radius 2 is 1.86 bits per heavy atom. The number of Topliss-reactive ketones (excluding diaryl/α,β-unsaturated/α-hetero) is 1. The minimum absolute atomic E-state index is 0.0531. The van der Waals surface area contributed by atoms with Crippen LogP contribution in [0.5, 0.6) is 11.5 Å². The highest BCUT2D eigenvalue weighted by atomic mass is 16.5. The number of aliphatic hydroxyl groups excluding tert-OH is 1. The summed E-state index contributed by atoms with van der Waals surface area (Å²) in [6.07, 6.45) is 0.624. The average molecular weight is 514 g/mol. The van der Waals surface area contributed by atoms with Gasteiger partial charge >= 0.3 is 5.97 Å². The van der Waals surface area contributed by atoms with Crippen molar-refractivity contribution in [1.82, 2.24) is 14.8 Å². The summed E-state index contributed by atoms with van der Waals surface area (Å²) in [5, 5.41) is 11.5. The lowest BCUT2D eigenvalue weighted by Crippen LogP contribution is -2.32. The molecule has 1 aliphatic rings. The first-order chi connectivity index (χ1) is 17.6. The third-order valence-corrected chi connectivity index (χ3v) is 6.41. The fourth-order valence-electron chi connectivity index (χ4n) is 4.69. The van der Waals surface area contributed by atoms with E-state index in [0.29, 0.717) is 54.4 Å². The fraction of sp³-hybridized carbons (Fsp3) is 0.444. The van der Waals surface area contributed by atoms with Crippen LogP contribution in [0.3, 0.4) is 0 Å². The van der Waals surface area contributed by atoms with Crippen molar-refractivity contribution in [2.24, 2.45) is 0 Å². The van der Waals surface area contributed by atoms with Crippen LogP contribution in [0.15, 0.2) is 23.8 Å². The molecule has 1 saturated heterocycles. The monoisotopic (exact) mass is 513 g/mol. The Morgan fingerprint density at radius 3 is 2.46 bits per heavy atom. The van der Waals surface area contributed by atoms with Crippen molar-refractivity contribution in [3.63, 3.8) is 0 Å². The number of aromatic nitrogens is 1. The van der Waals surface area contributed by atoms with E-state index < -0.39 is 23.7 Å². The molecule has 1 unspecified atom stereocenters. The molecule has 200 valence electrons. The van der Waals surface area contributed by atoms with Crippen LogP contribution in [0.2, 0.25) is 0 Å². The summed E-state index contributed by atoms with van der Waals surface area (Å²) in [5.41, 5.74) is 1.88. The second-order valence-corrected chi connectivity index (χ2v) is 9.11. The molecule has 3 rings (SSSR count). The van der Waals surface area contributed by atoms with E-state index in [1.54, 1.807) is 32.0 Å². The minimum Gasteiger partial charge on any atom is -0.507 e. The Kier molecular flexibility index (Phi) is 8.65. The average Bonchev–Trinajstić information content (AvgIpc) is 3.30. The number of H-pyrrole nitrogens is 1. The van der Waals surface area contributed by atoms with E-state index >= 15 is 0 Å². The van der Waals surface area contributed by atoms with E-state index in [0.717, 1.165) is 0 Å². The van der Waals surface area contributed by atoms with Crippen molar-refractivity contribution in [2.45, 2.75) is 33.2 Å². The third kappa shape index (κ3) is 5.34. The minimum atomic E-state index is -0.859. The topological polar surface area (TPSA) is 121 Å². The number of aryl methyl sites for hydroxylation is 1. The van der Waals surface area contributed by atoms with Crippen molar-refractivity contribution in [2.75, 3.05) is 48.0 Å². The highest BCUT2D eigenvalue weighted by Gasteiger charge is 2.46. The molecule has 0 aliphatic carbocycles. The maximum atomic E-state index is 13.4. The first-order valence-corrected chi connectivity index (χ1v) is 12.1. The van der Waals surface area contributed by atoms with Crippen LogP contribution in [-0.4, -0.2) is 85.6 Å². The van der Waals surface area contributed by atoms with Gasteiger partial charge in [-0.2, -0.15) is 0 Å². The molecule has 10 nitrogen and oxygen atoms in total. The summed E-state index contributed by atoms with van der Waals surface area (Å²) < 4.78 is 16.0. The number of ether oxygens (including phenoxy) is 3. The van der Waals surface area contributed by atoms with Gasteiger partial charge in [0.15, 0.2) is 11.5 Å². The molecule has 0 saturated carbocycles. The van der Waals surface area contributed by atoms with Crippen LogP contribution in [0, 0.1) is 13.8 Å². The van der Waals surface area contributed by atoms with Gasteiger partial charge in [0.05, 0.1) is 32.4 Å². The standard InChI is InChI=1S/C27H35N3O7/c1-8-37-18-11-10-17(14-19(18)35-6)23-21(25(32)26(33)30(23)13-9-12-29(4)5)24(31)20-15(2)22(27(34)36-7)28-16(20)3/h10-11,14,23,28,31H,8-9,12-13H2,1-7H3. The van der Waals surface area contributed by atoms with E-state index in [1.807, 2.05) is 25.9 Å². The van der Waals surface area contributed by atoms with Gasteiger partial charge in [0.2, 0.25) is 0 Å². The molecule has 1 amide bonds. The van der Waals surface area contributed by atoms with Gasteiger partial charge in [-0.25, -0.2) is 4.79 Å². The first-order valence-electron chi connectivity index (χ1n) is 12.1. The fourth-order valence-corrected chi connectivity index (χ4v) is 4.69. The van der Waals surface area contributed by atoms with Gasteiger partial charge in [0.1, 0.15) is 11.5 Å². The van der Waals surface area contributed by atoms with E-state index in [4.69, 9.17) is 14.2 Å². The van der Waals surface area contributed by atoms with Crippen molar-refractivity contribution in [3.8, 4) is 11.5 Å². The number of ketones is 1. The Balaban J connectivity index is 2.22. The predicted octanol–water partition coefficient (Wildman–Crippen LogP) is 3.20. The number of nitrogens with one attached hydrogen (secondary N) is 1. The molecule has 1 aliphatic heterocycles. The number of methoxy groups -OCH3 is 2. The molecule has 10 heteroatoms. The van der Waals surface area contributed by atoms with E-state index in [1.165, 1.54) is 19.1 Å². The normalized spacial score (nSPS) is 17.0. The number of amides is 1. The lowest BCUT2D eigenvalue weighted by atomic mass is 9.93. The van der Waals surface area contributed by atoms with Gasteiger partial charge < -0.3 is 34.1 Å². The summed E-state index contributed by atoms with van der Waals surface area (Å²) in [7, 11) is 6.63. The van der Waals surface area contributed by atoms with Crippen LogP contribution in [0.25, 0.3) is 5.76 Å². The number of benzene rings is 1. The summed E-state index contributed by atoms with van der Waals surface area (Å²) in [5.74, 6) is -1.47. The number of esters is 1. The lowest BCUT2D eigenvalue weighted by molar-refractivity contribution is -0.139. The molecule has 1 fully saturated rings. The van der Waals surface area contributed by atoms with Gasteiger partial charge in [-0.15, -0.1) is 0 Å². The van der Waals surface area contributed by atoms with Crippen molar-refractivity contribution >= 4 is 23.4 Å². The highest BCUT2D eigenvalue weighted by Crippen LogP contribution is 2.43. The molecule has 0 spiro atoms. The molecular formula is C27H35N3O7. The predicted molar refractivity (Wildman–Crippen MR) is 138 cm³/mol. The molecule has 1 atom stereocenters. The van der Waals surface area contributed by atoms with E-state index in [9.17, 15) is 19.5 Å². The molecule has 37 heavy (non-hydrogen) atoms. The van der Waals surface area contributed by atoms with Crippen LogP contribution < -0.4 is 9.47 Å². The zero-order valence-corrected chi connectivity index (χ0v) is 22.4. The molecule has 2 N–H and O–H groups in total. The Bertz CT molecular complexity index is 1230. The molecule has 0 radical (unpaired) electrons. The molecule has 2 heterocycles. The Hall–Kier alpha value is -3.79. The number of hydrogen-bond donors (Lipinski definition) is 2. The number of aromatic amines is 1. The van der Waals surface area contributed by atoms with Gasteiger partial charge in [-0.05, 0) is 71.1 Å². The van der Waals surface area contributed by atoms with Gasteiger partial charge in [-0.1, -0.05) is 6.07 Å². The summed E-state index contributed by atoms with van der Waals surface area (Å²) in [6.45, 7) is 6.63. The lowest BCUT2D eigenvalue weighted by Gasteiger charge is -2.26. The van der Waals surface area contributed by atoms with Crippen LogP contribution >= 0.6 is 0 Å². The largest absolute Gasteiger partial charge is 0.507 e. The number of nitrogens with zero attached hydrogens (tertiary/aromatic N) is 2. The summed E-state index contributed by atoms with van der Waals surface area (Å²) >= 11 is 0. The molecule has 0 bridgehead atoms. The summed E-state index contributed by atoms with van der Waals surface area (Å²) in [4.78, 5) is 45.2. The number of likely N-dealkylation sites (tertiary alicyclic amines) is 1. The van der Waals surface area contributed by atoms with Crippen molar-refractivity contribution in [3.05, 3.63) is 51.9 Å². The molecule has 1 aromatic heterocycles. The van der Waals surface area contributed by atoms with E-state index in [2.05, 4.69) is 4.98 Å². The second-order valence-electron chi connectivity index (χ2n) is 9.11. The molecule has 2 aromatic rings. The number of carbonyl (C=O) groups is 3. The highest BCUT2D eigenvalue weighted by molar-refractivity contribution is 6.46.